The van der Waals surface area contributed by atoms with Crippen LogP contribution in [0.15, 0.2) is 53.0 Å². The number of rotatable bonds is 5. The van der Waals surface area contributed by atoms with Gasteiger partial charge in [-0.1, -0.05) is 40.2 Å². The molecule has 0 saturated heterocycles. The van der Waals surface area contributed by atoms with Gasteiger partial charge in [-0.2, -0.15) is 0 Å². The quantitative estimate of drug-likeness (QED) is 0.644. The molecule has 0 radical (unpaired) electrons. The largest absolute Gasteiger partial charge is 0.304 e. The molecule has 0 aliphatic heterocycles. The van der Waals surface area contributed by atoms with Crippen LogP contribution in [0.4, 0.5) is 5.69 Å². The van der Waals surface area contributed by atoms with Crippen LogP contribution >= 0.6 is 15.9 Å². The van der Waals surface area contributed by atoms with Crippen LogP contribution in [0, 0.1) is 10.1 Å². The molecule has 0 amide bonds. The lowest BCUT2D eigenvalue weighted by Gasteiger charge is -2.27. The topological polar surface area (TPSA) is 55.2 Å². The first-order chi connectivity index (χ1) is 9.88. The van der Waals surface area contributed by atoms with Crippen LogP contribution in [0.5, 0.6) is 0 Å². The maximum atomic E-state index is 10.6. The SMILES string of the molecule is CC(C)(NCc1ccc([N+](=O)[O-])cc1)c1ccc(Br)cc1. The van der Waals surface area contributed by atoms with E-state index in [9.17, 15) is 10.1 Å². The molecule has 0 saturated carbocycles. The van der Waals surface area contributed by atoms with Crippen LogP contribution in [0.3, 0.4) is 0 Å². The molecule has 0 heterocycles. The highest BCUT2D eigenvalue weighted by atomic mass is 79.9. The Balaban J connectivity index is 2.04. The molecule has 5 heteroatoms. The zero-order chi connectivity index (χ0) is 15.5. The van der Waals surface area contributed by atoms with Crippen LogP contribution in [0.25, 0.3) is 0 Å². The lowest BCUT2D eigenvalue weighted by molar-refractivity contribution is -0.384. The average Bonchev–Trinajstić information content (AvgIpc) is 2.46. The number of hydrogen-bond acceptors (Lipinski definition) is 3. The standard InChI is InChI=1S/C16H17BrN2O2/c1-16(2,13-5-7-14(17)8-6-13)18-11-12-3-9-15(10-4-12)19(20)21/h3-10,18H,11H2,1-2H3. The number of hydrogen-bond donors (Lipinski definition) is 1. The fraction of sp³-hybridized carbons (Fsp3) is 0.250. The normalized spacial score (nSPS) is 11.4. The van der Waals surface area contributed by atoms with Crippen LogP contribution in [-0.2, 0) is 12.1 Å². The molecule has 0 atom stereocenters. The van der Waals surface area contributed by atoms with Crippen LogP contribution in [0.2, 0.25) is 0 Å². The minimum absolute atomic E-state index is 0.117. The van der Waals surface area contributed by atoms with E-state index in [1.807, 2.05) is 12.1 Å². The summed E-state index contributed by atoms with van der Waals surface area (Å²) in [5.74, 6) is 0. The van der Waals surface area contributed by atoms with Gasteiger partial charge >= 0.3 is 0 Å². The molecule has 2 aromatic carbocycles. The summed E-state index contributed by atoms with van der Waals surface area (Å²) < 4.78 is 1.05. The summed E-state index contributed by atoms with van der Waals surface area (Å²) in [4.78, 5) is 10.2. The minimum Gasteiger partial charge on any atom is -0.304 e. The van der Waals surface area contributed by atoms with Gasteiger partial charge in [0, 0.05) is 28.7 Å². The Bertz CT molecular complexity index is 622. The summed E-state index contributed by atoms with van der Waals surface area (Å²) >= 11 is 3.43. The first-order valence-corrected chi connectivity index (χ1v) is 7.42. The third-order valence-corrected chi connectivity index (χ3v) is 3.98. The van der Waals surface area contributed by atoms with E-state index < -0.39 is 0 Å². The molecule has 0 bridgehead atoms. The molecular weight excluding hydrogens is 332 g/mol. The maximum absolute atomic E-state index is 10.6. The van der Waals surface area contributed by atoms with Gasteiger partial charge in [0.1, 0.15) is 0 Å². The number of benzene rings is 2. The molecule has 4 nitrogen and oxygen atoms in total. The van der Waals surface area contributed by atoms with Crippen molar-refractivity contribution in [3.8, 4) is 0 Å². The molecule has 0 aromatic heterocycles. The van der Waals surface area contributed by atoms with Crippen molar-refractivity contribution in [2.45, 2.75) is 25.9 Å². The second-order valence-corrected chi connectivity index (χ2v) is 6.32. The summed E-state index contributed by atoms with van der Waals surface area (Å²) in [5.41, 5.74) is 2.15. The molecular formula is C16H17BrN2O2. The van der Waals surface area contributed by atoms with Crippen molar-refractivity contribution in [3.63, 3.8) is 0 Å². The van der Waals surface area contributed by atoms with Crippen LogP contribution in [0.1, 0.15) is 25.0 Å². The molecule has 21 heavy (non-hydrogen) atoms. The van der Waals surface area contributed by atoms with Gasteiger partial charge in [0.25, 0.3) is 5.69 Å². The Kier molecular flexibility index (Phi) is 4.75. The van der Waals surface area contributed by atoms with Gasteiger partial charge in [-0.05, 0) is 37.1 Å². The van der Waals surface area contributed by atoms with E-state index in [0.29, 0.717) is 6.54 Å². The smallest absolute Gasteiger partial charge is 0.269 e. The highest BCUT2D eigenvalue weighted by Crippen LogP contribution is 2.23. The minimum atomic E-state index is -0.386. The zero-order valence-corrected chi connectivity index (χ0v) is 13.6. The third-order valence-electron chi connectivity index (χ3n) is 3.45. The second kappa shape index (κ2) is 6.37. The van der Waals surface area contributed by atoms with Gasteiger partial charge < -0.3 is 5.32 Å². The summed E-state index contributed by atoms with van der Waals surface area (Å²) in [6.07, 6.45) is 0. The highest BCUT2D eigenvalue weighted by molar-refractivity contribution is 9.10. The van der Waals surface area contributed by atoms with E-state index in [1.54, 1.807) is 12.1 Å². The summed E-state index contributed by atoms with van der Waals surface area (Å²) in [6, 6.07) is 14.8. The molecule has 0 aliphatic rings. The number of halogens is 1. The first-order valence-electron chi connectivity index (χ1n) is 6.63. The van der Waals surface area contributed by atoms with Gasteiger partial charge in [0.05, 0.1) is 4.92 Å². The van der Waals surface area contributed by atoms with Gasteiger partial charge in [-0.3, -0.25) is 10.1 Å². The fourth-order valence-corrected chi connectivity index (χ4v) is 2.29. The Labute approximate surface area is 132 Å². The van der Waals surface area contributed by atoms with Gasteiger partial charge in [-0.25, -0.2) is 0 Å². The summed E-state index contributed by atoms with van der Waals surface area (Å²) in [5, 5.41) is 14.1. The van der Waals surface area contributed by atoms with E-state index in [0.717, 1.165) is 10.0 Å². The second-order valence-electron chi connectivity index (χ2n) is 5.41. The van der Waals surface area contributed by atoms with Crippen molar-refractivity contribution < 1.29 is 4.92 Å². The molecule has 0 unspecified atom stereocenters. The van der Waals surface area contributed by atoms with Gasteiger partial charge in [0.2, 0.25) is 0 Å². The summed E-state index contributed by atoms with van der Waals surface area (Å²) in [7, 11) is 0. The van der Waals surface area contributed by atoms with E-state index in [1.165, 1.54) is 17.7 Å². The Morgan fingerprint density at radius 3 is 2.19 bits per heavy atom. The predicted octanol–water partition coefficient (Wildman–Crippen LogP) is 4.38. The van der Waals surface area contributed by atoms with E-state index in [4.69, 9.17) is 0 Å². The van der Waals surface area contributed by atoms with Crippen molar-refractivity contribution in [2.75, 3.05) is 0 Å². The van der Waals surface area contributed by atoms with E-state index in [2.05, 4.69) is 47.2 Å². The van der Waals surface area contributed by atoms with E-state index >= 15 is 0 Å². The molecule has 110 valence electrons. The Morgan fingerprint density at radius 1 is 1.10 bits per heavy atom. The number of nitrogens with one attached hydrogen (secondary N) is 1. The van der Waals surface area contributed by atoms with Crippen molar-refractivity contribution in [3.05, 3.63) is 74.2 Å². The van der Waals surface area contributed by atoms with Crippen molar-refractivity contribution >= 4 is 21.6 Å². The molecule has 2 rings (SSSR count). The molecule has 1 N–H and O–H groups in total. The number of nitro benzene ring substituents is 1. The first kappa shape index (κ1) is 15.7. The van der Waals surface area contributed by atoms with Crippen molar-refractivity contribution in [2.24, 2.45) is 0 Å². The number of nitro groups is 1. The highest BCUT2D eigenvalue weighted by Gasteiger charge is 2.19. The molecule has 0 aliphatic carbocycles. The maximum Gasteiger partial charge on any atom is 0.269 e. The number of nitrogens with zero attached hydrogens (tertiary/aromatic N) is 1. The molecule has 0 spiro atoms. The van der Waals surface area contributed by atoms with Crippen LogP contribution in [-0.4, -0.2) is 4.92 Å². The predicted molar refractivity (Wildman–Crippen MR) is 87.1 cm³/mol. The monoisotopic (exact) mass is 348 g/mol. The molecule has 0 fully saturated rings. The fourth-order valence-electron chi connectivity index (χ4n) is 2.03. The van der Waals surface area contributed by atoms with Crippen molar-refractivity contribution in [1.82, 2.24) is 5.32 Å². The van der Waals surface area contributed by atoms with Crippen LogP contribution < -0.4 is 5.32 Å². The van der Waals surface area contributed by atoms with Crippen molar-refractivity contribution in [1.29, 1.82) is 0 Å². The summed E-state index contributed by atoms with van der Waals surface area (Å²) in [6.45, 7) is 4.88. The van der Waals surface area contributed by atoms with Gasteiger partial charge in [-0.15, -0.1) is 0 Å². The zero-order valence-electron chi connectivity index (χ0n) is 12.0. The van der Waals surface area contributed by atoms with E-state index in [-0.39, 0.29) is 16.1 Å². The lowest BCUT2D eigenvalue weighted by Crippen LogP contribution is -2.35. The third kappa shape index (κ3) is 4.12. The Morgan fingerprint density at radius 2 is 1.67 bits per heavy atom. The number of non-ortho nitro benzene ring substituents is 1. The molecule has 2 aromatic rings. The Hall–Kier alpha value is -1.72. The lowest BCUT2D eigenvalue weighted by atomic mass is 9.94. The van der Waals surface area contributed by atoms with Gasteiger partial charge in [0.15, 0.2) is 0 Å². The average molecular weight is 349 g/mol.